The lowest BCUT2D eigenvalue weighted by atomic mass is 10.2. The minimum absolute atomic E-state index is 0.508. The Kier molecular flexibility index (Phi) is 8.86. The minimum atomic E-state index is -0.549. The van der Waals surface area contributed by atoms with E-state index in [4.69, 9.17) is 16.4 Å². The number of carbonyl (C=O) groups excluding carboxylic acids is 1. The van der Waals surface area contributed by atoms with Gasteiger partial charge in [-0.05, 0) is 37.7 Å². The summed E-state index contributed by atoms with van der Waals surface area (Å²) < 4.78 is 0. The molecule has 2 rings (SSSR count). The van der Waals surface area contributed by atoms with Crippen LogP contribution in [0.2, 0.25) is 5.02 Å². The van der Waals surface area contributed by atoms with Crippen LogP contribution in [-0.2, 0) is 16.2 Å². The number of hydroxylamine groups is 1. The van der Waals surface area contributed by atoms with Gasteiger partial charge in [0.15, 0.2) is 6.29 Å². The molecule has 130 valence electrons. The summed E-state index contributed by atoms with van der Waals surface area (Å²) in [7, 11) is 3.33. The molecule has 0 radical (unpaired) electrons. The van der Waals surface area contributed by atoms with E-state index in [0.29, 0.717) is 11.6 Å². The van der Waals surface area contributed by atoms with Gasteiger partial charge in [0.1, 0.15) is 6.10 Å². The highest BCUT2D eigenvalue weighted by atomic mass is 35.5. The van der Waals surface area contributed by atoms with Gasteiger partial charge in [-0.1, -0.05) is 41.9 Å². The molecule has 0 heterocycles. The predicted molar refractivity (Wildman–Crippen MR) is 100 cm³/mol. The molecule has 0 amide bonds. The zero-order valence-corrected chi connectivity index (χ0v) is 15.0. The molecule has 0 bridgehead atoms. The normalized spacial score (nSPS) is 11.0. The Bertz CT molecular complexity index is 623. The lowest BCUT2D eigenvalue weighted by Crippen LogP contribution is -2.29. The van der Waals surface area contributed by atoms with Gasteiger partial charge in [-0.15, -0.1) is 0 Å². The van der Waals surface area contributed by atoms with Crippen LogP contribution in [0.3, 0.4) is 0 Å². The third kappa shape index (κ3) is 5.85. The summed E-state index contributed by atoms with van der Waals surface area (Å²) in [5.74, 6) is 0. The molecule has 24 heavy (non-hydrogen) atoms. The van der Waals surface area contributed by atoms with Gasteiger partial charge in [-0.2, -0.15) is 0 Å². The van der Waals surface area contributed by atoms with Gasteiger partial charge in [0.05, 0.1) is 17.9 Å². The maximum Gasteiger partial charge on any atom is 0.151 e. The smallest absolute Gasteiger partial charge is 0.151 e. The zero-order valence-electron chi connectivity index (χ0n) is 14.2. The Labute approximate surface area is 148 Å². The fourth-order valence-corrected chi connectivity index (χ4v) is 2.24. The summed E-state index contributed by atoms with van der Waals surface area (Å²) in [5, 5.41) is 5.40. The molecule has 5 nitrogen and oxygen atoms in total. The van der Waals surface area contributed by atoms with Crippen molar-refractivity contribution in [3.63, 3.8) is 0 Å². The average Bonchev–Trinajstić information content (AvgIpc) is 2.63. The Hall–Kier alpha value is -2.08. The second-order valence-electron chi connectivity index (χ2n) is 4.88. The highest BCUT2D eigenvalue weighted by Crippen LogP contribution is 2.31. The Morgan fingerprint density at radius 2 is 1.92 bits per heavy atom. The van der Waals surface area contributed by atoms with Gasteiger partial charge in [0.25, 0.3) is 0 Å². The molecule has 2 aromatic rings. The molecule has 0 fully saturated rings. The molecule has 0 aliphatic carbocycles. The number of carbonyl (C=O) groups is 1. The molecular formula is C18H24ClN3O2. The number of nitrogens with two attached hydrogens (primary N) is 1. The second kappa shape index (κ2) is 10.6. The van der Waals surface area contributed by atoms with Crippen LogP contribution in [0.1, 0.15) is 12.5 Å². The first-order chi connectivity index (χ1) is 11.6. The van der Waals surface area contributed by atoms with Crippen molar-refractivity contribution in [3.05, 3.63) is 59.1 Å². The predicted octanol–water partition coefficient (Wildman–Crippen LogP) is 3.48. The number of nitrogens with zero attached hydrogens (tertiary/aromatic N) is 1. The van der Waals surface area contributed by atoms with Crippen LogP contribution in [0.4, 0.5) is 11.4 Å². The van der Waals surface area contributed by atoms with E-state index in [0.717, 1.165) is 23.2 Å². The third-order valence-electron chi connectivity index (χ3n) is 3.15. The number of aldehydes is 1. The number of hydrogen-bond donors (Lipinski definition) is 2. The molecule has 6 heteroatoms. The van der Waals surface area contributed by atoms with E-state index in [1.807, 2.05) is 49.5 Å². The number of hydrogen-bond acceptors (Lipinski definition) is 5. The third-order valence-corrected chi connectivity index (χ3v) is 3.39. The SMILES string of the molecule is CN.CNc1ccc(Cl)cc1N(Cc1ccccc1)OC(C)C=O. The van der Waals surface area contributed by atoms with Crippen molar-refractivity contribution in [1.82, 2.24) is 0 Å². The van der Waals surface area contributed by atoms with Crippen LogP contribution in [0, 0.1) is 0 Å². The number of benzene rings is 2. The number of halogens is 1. The Morgan fingerprint density at radius 1 is 1.25 bits per heavy atom. The number of nitrogens with one attached hydrogen (secondary N) is 1. The molecule has 0 spiro atoms. The van der Waals surface area contributed by atoms with Gasteiger partial charge < -0.3 is 15.8 Å². The van der Waals surface area contributed by atoms with E-state index in [1.54, 1.807) is 18.1 Å². The summed E-state index contributed by atoms with van der Waals surface area (Å²) in [6.07, 6.45) is 0.217. The lowest BCUT2D eigenvalue weighted by molar-refractivity contribution is -0.118. The lowest BCUT2D eigenvalue weighted by Gasteiger charge is -2.27. The summed E-state index contributed by atoms with van der Waals surface area (Å²) >= 11 is 6.11. The van der Waals surface area contributed by atoms with Crippen molar-refractivity contribution in [3.8, 4) is 0 Å². The van der Waals surface area contributed by atoms with E-state index in [2.05, 4.69) is 11.1 Å². The first kappa shape index (κ1) is 20.0. The van der Waals surface area contributed by atoms with Crippen LogP contribution >= 0.6 is 11.6 Å². The molecule has 0 saturated heterocycles. The zero-order chi connectivity index (χ0) is 17.9. The molecule has 0 aliphatic heterocycles. The molecule has 1 atom stereocenters. The average molecular weight is 350 g/mol. The van der Waals surface area contributed by atoms with Gasteiger partial charge >= 0.3 is 0 Å². The number of anilines is 2. The van der Waals surface area contributed by atoms with Crippen LogP contribution in [0.15, 0.2) is 48.5 Å². The monoisotopic (exact) mass is 349 g/mol. The molecule has 0 aromatic heterocycles. The van der Waals surface area contributed by atoms with Crippen molar-refractivity contribution in [2.24, 2.45) is 5.73 Å². The first-order valence-electron chi connectivity index (χ1n) is 7.62. The largest absolute Gasteiger partial charge is 0.386 e. The molecule has 1 unspecified atom stereocenters. The summed E-state index contributed by atoms with van der Waals surface area (Å²) in [4.78, 5) is 16.7. The molecular weight excluding hydrogens is 326 g/mol. The highest BCUT2D eigenvalue weighted by Gasteiger charge is 2.16. The van der Waals surface area contributed by atoms with Crippen LogP contribution in [0.5, 0.6) is 0 Å². The topological polar surface area (TPSA) is 67.6 Å². The van der Waals surface area contributed by atoms with E-state index in [-0.39, 0.29) is 0 Å². The van der Waals surface area contributed by atoms with Crippen LogP contribution in [0.25, 0.3) is 0 Å². The summed E-state index contributed by atoms with van der Waals surface area (Å²) in [5.41, 5.74) is 7.23. The molecule has 3 N–H and O–H groups in total. The minimum Gasteiger partial charge on any atom is -0.386 e. The van der Waals surface area contributed by atoms with E-state index >= 15 is 0 Å². The molecule has 0 saturated carbocycles. The Morgan fingerprint density at radius 3 is 2.50 bits per heavy atom. The second-order valence-corrected chi connectivity index (χ2v) is 5.32. The van der Waals surface area contributed by atoms with Gasteiger partial charge in [-0.25, -0.2) is 5.06 Å². The summed E-state index contributed by atoms with van der Waals surface area (Å²) in [6, 6.07) is 15.4. The van der Waals surface area contributed by atoms with E-state index < -0.39 is 6.10 Å². The molecule has 2 aromatic carbocycles. The van der Waals surface area contributed by atoms with E-state index in [9.17, 15) is 4.79 Å². The first-order valence-corrected chi connectivity index (χ1v) is 8.00. The van der Waals surface area contributed by atoms with Gasteiger partial charge in [-0.3, -0.25) is 4.84 Å². The Balaban J connectivity index is 0.00000139. The number of rotatable bonds is 7. The fraction of sp³-hybridized carbons (Fsp3) is 0.278. The van der Waals surface area contributed by atoms with Crippen molar-refractivity contribution in [2.75, 3.05) is 24.5 Å². The van der Waals surface area contributed by atoms with E-state index in [1.165, 1.54) is 7.05 Å². The van der Waals surface area contributed by atoms with Crippen molar-refractivity contribution in [2.45, 2.75) is 19.6 Å². The maximum atomic E-state index is 11.0. The summed E-state index contributed by atoms with van der Waals surface area (Å²) in [6.45, 7) is 2.21. The standard InChI is InChI=1S/C17H19ClN2O2.CH5N/c1-13(12-21)22-20(11-14-6-4-3-5-7-14)17-10-15(18)8-9-16(17)19-2;1-2/h3-10,12-13,19H,11H2,1-2H3;2H2,1H3. The van der Waals surface area contributed by atoms with Gasteiger partial charge in [0, 0.05) is 12.1 Å². The highest BCUT2D eigenvalue weighted by molar-refractivity contribution is 6.31. The van der Waals surface area contributed by atoms with Crippen molar-refractivity contribution >= 4 is 29.3 Å². The van der Waals surface area contributed by atoms with Gasteiger partial charge in [0.2, 0.25) is 0 Å². The van der Waals surface area contributed by atoms with Crippen LogP contribution < -0.4 is 16.1 Å². The quantitative estimate of drug-likeness (QED) is 0.591. The maximum absolute atomic E-state index is 11.0. The van der Waals surface area contributed by atoms with Crippen LogP contribution in [-0.4, -0.2) is 26.5 Å². The molecule has 0 aliphatic rings. The van der Waals surface area contributed by atoms with Crippen molar-refractivity contribution < 1.29 is 9.63 Å². The van der Waals surface area contributed by atoms with Crippen molar-refractivity contribution in [1.29, 1.82) is 0 Å². The fourth-order valence-electron chi connectivity index (χ4n) is 2.08.